The fraction of sp³-hybridized carbons (Fsp3) is 0.764. The zero-order valence-corrected chi connectivity index (χ0v) is 44.3. The van der Waals surface area contributed by atoms with Gasteiger partial charge in [0.2, 0.25) is 5.79 Å². The van der Waals surface area contributed by atoms with Gasteiger partial charge in [-0.3, -0.25) is 19.2 Å². The molecule has 16 nitrogen and oxygen atoms in total. The number of Topliss-reactive ketones (excluding diaryl/α,β-unsaturated/α-hetero) is 3. The molecule has 0 spiro atoms. The topological polar surface area (TPSA) is 214 Å². The second kappa shape index (κ2) is 29.4. The lowest BCUT2D eigenvalue weighted by atomic mass is 9.78. The van der Waals surface area contributed by atoms with Crippen molar-refractivity contribution >= 4 is 29.2 Å². The molecule has 3 fully saturated rings. The number of piperidine rings is 1. The molecule has 3 aliphatic heterocycles. The standard InChI is InChI=1S/C55H87NO15/c1-34-16-12-11-13-17-35(2)46(69-27-26-68-25-24-65-8)32-42-21-19-40(7)55(64,71-42)52(61)53(62)56-23-15-14-18-43(56)54(63)70-47(37(4)30-41-20-22-44(57)48(31-41)66-9)33-45(58)36(3)29-39(6)50(60)51(67-10)49(59)38(5)28-34/h11-13,16-17,29,34,36-38,40-44,46-48,50-51,57,60,64H,14-15,18-28,30-33H2,1-10H3/b13-11?,16-12+,35-17?,39-29+/t34-,36-,37-,38-,40-,41+,42+,43+,44-,46?,47+,48-,50-,51+,55-/m1/s1. The highest BCUT2D eigenvalue weighted by Gasteiger charge is 2.53. The third-order valence-corrected chi connectivity index (χ3v) is 15.2. The van der Waals surface area contributed by atoms with Crippen molar-refractivity contribution in [1.82, 2.24) is 4.90 Å². The van der Waals surface area contributed by atoms with Gasteiger partial charge in [0.25, 0.3) is 11.7 Å². The monoisotopic (exact) mass is 1000 g/mol. The Hall–Kier alpha value is -3.45. The molecule has 1 unspecified atom stereocenters. The average Bonchev–Trinajstić information content (AvgIpc) is 3.34. The van der Waals surface area contributed by atoms with Crippen LogP contribution in [-0.4, -0.2) is 158 Å². The van der Waals surface area contributed by atoms with Crippen molar-refractivity contribution in [3.63, 3.8) is 0 Å². The van der Waals surface area contributed by atoms with E-state index in [4.69, 9.17) is 33.2 Å². The highest BCUT2D eigenvalue weighted by atomic mass is 16.6. The van der Waals surface area contributed by atoms with Crippen LogP contribution in [0.2, 0.25) is 0 Å². The maximum atomic E-state index is 14.5. The molecule has 0 radical (unpaired) electrons. The van der Waals surface area contributed by atoms with Crippen LogP contribution in [0.25, 0.3) is 0 Å². The van der Waals surface area contributed by atoms with Crippen LogP contribution in [0, 0.1) is 35.5 Å². The fourth-order valence-electron chi connectivity index (χ4n) is 10.5. The molecule has 3 N–H and O–H groups in total. The molecule has 0 aromatic carbocycles. The highest BCUT2D eigenvalue weighted by molar-refractivity contribution is 6.39. The molecule has 3 heterocycles. The number of methoxy groups -OCH3 is 3. The van der Waals surface area contributed by atoms with E-state index in [-0.39, 0.29) is 67.8 Å². The quantitative estimate of drug-likeness (QED) is 0.0858. The summed E-state index contributed by atoms with van der Waals surface area (Å²) in [5.74, 6) is -8.18. The summed E-state index contributed by atoms with van der Waals surface area (Å²) in [5, 5.41) is 34.1. The van der Waals surface area contributed by atoms with Gasteiger partial charge in [-0.1, -0.05) is 71.1 Å². The van der Waals surface area contributed by atoms with Crippen LogP contribution in [0.3, 0.4) is 0 Å². The molecule has 2 saturated heterocycles. The maximum absolute atomic E-state index is 14.5. The zero-order chi connectivity index (χ0) is 52.4. The van der Waals surface area contributed by atoms with Crippen molar-refractivity contribution < 1.29 is 72.5 Å². The smallest absolute Gasteiger partial charge is 0.329 e. The van der Waals surface area contributed by atoms with Crippen LogP contribution in [0.15, 0.2) is 47.6 Å². The second-order valence-electron chi connectivity index (χ2n) is 20.8. The van der Waals surface area contributed by atoms with Crippen LogP contribution in [-0.2, 0) is 57.1 Å². The van der Waals surface area contributed by atoms with Crippen LogP contribution < -0.4 is 0 Å². The highest BCUT2D eigenvalue weighted by Crippen LogP contribution is 2.38. The molecule has 16 heteroatoms. The lowest BCUT2D eigenvalue weighted by molar-refractivity contribution is -0.266. The van der Waals surface area contributed by atoms with Gasteiger partial charge in [-0.05, 0) is 107 Å². The number of carbonyl (C=O) groups is 5. The number of aliphatic hydroxyl groups excluding tert-OH is 2. The summed E-state index contributed by atoms with van der Waals surface area (Å²) in [6.07, 6.45) is 10.7. The third kappa shape index (κ3) is 17.3. The molecule has 15 atom stereocenters. The summed E-state index contributed by atoms with van der Waals surface area (Å²) in [4.78, 5) is 72.4. The first-order valence-corrected chi connectivity index (χ1v) is 26.1. The molecule has 1 saturated carbocycles. The van der Waals surface area contributed by atoms with Gasteiger partial charge in [-0.15, -0.1) is 0 Å². The summed E-state index contributed by atoms with van der Waals surface area (Å²) in [5.41, 5.74) is 1.23. The minimum absolute atomic E-state index is 0.00618. The summed E-state index contributed by atoms with van der Waals surface area (Å²) in [7, 11) is 4.54. The maximum Gasteiger partial charge on any atom is 0.329 e. The summed E-state index contributed by atoms with van der Waals surface area (Å²) in [6, 6.07) is -1.16. The number of ketones is 3. The molecular weight excluding hydrogens is 915 g/mol. The predicted molar refractivity (Wildman–Crippen MR) is 267 cm³/mol. The Morgan fingerprint density at radius 2 is 1.56 bits per heavy atom. The predicted octanol–water partition coefficient (Wildman–Crippen LogP) is 6.21. The Morgan fingerprint density at radius 1 is 0.831 bits per heavy atom. The molecule has 1 amide bonds. The number of amides is 1. The van der Waals surface area contributed by atoms with E-state index >= 15 is 0 Å². The molecule has 0 aromatic heterocycles. The van der Waals surface area contributed by atoms with Gasteiger partial charge in [0.05, 0.1) is 50.8 Å². The molecule has 1 aliphatic carbocycles. The van der Waals surface area contributed by atoms with Crippen molar-refractivity contribution in [1.29, 1.82) is 0 Å². The molecule has 0 aromatic rings. The van der Waals surface area contributed by atoms with E-state index in [1.54, 1.807) is 41.1 Å². The summed E-state index contributed by atoms with van der Waals surface area (Å²) < 4.78 is 40.8. The van der Waals surface area contributed by atoms with Gasteiger partial charge < -0.3 is 53.4 Å². The number of cyclic esters (lactones) is 1. The Labute approximate surface area is 422 Å². The fourth-order valence-corrected chi connectivity index (χ4v) is 10.5. The Kier molecular flexibility index (Phi) is 24.9. The first-order valence-electron chi connectivity index (χ1n) is 26.1. The lowest BCUT2D eigenvalue weighted by Gasteiger charge is -2.43. The van der Waals surface area contributed by atoms with Crippen LogP contribution in [0.4, 0.5) is 0 Å². The van der Waals surface area contributed by atoms with Gasteiger partial charge in [0.15, 0.2) is 5.78 Å². The third-order valence-electron chi connectivity index (χ3n) is 15.2. The number of carbonyl (C=O) groups excluding carboxylic acids is 5. The molecule has 2 bridgehead atoms. The van der Waals surface area contributed by atoms with Gasteiger partial charge in [-0.2, -0.15) is 0 Å². The van der Waals surface area contributed by atoms with Crippen molar-refractivity contribution in [2.75, 3.05) is 54.3 Å². The number of fused-ring (bicyclic) bond motifs is 3. The molecule has 71 heavy (non-hydrogen) atoms. The zero-order valence-electron chi connectivity index (χ0n) is 44.3. The van der Waals surface area contributed by atoms with E-state index in [1.807, 2.05) is 58.1 Å². The minimum atomic E-state index is -2.47. The first-order chi connectivity index (χ1) is 33.7. The minimum Gasteiger partial charge on any atom is -0.460 e. The Bertz CT molecular complexity index is 1860. The van der Waals surface area contributed by atoms with E-state index in [1.165, 1.54) is 12.0 Å². The van der Waals surface area contributed by atoms with Crippen molar-refractivity contribution in [2.24, 2.45) is 35.5 Å². The van der Waals surface area contributed by atoms with E-state index < -0.39 is 83.9 Å². The number of hydrogen-bond donors (Lipinski definition) is 3. The SMILES string of the molecule is COCCOCCOC1C[C@@H]2CC[C@@H](C)[C@@](O)(O2)C(=O)C(=O)N2CCCC[C@H]2C(=O)O[C@H]([C@H](C)C[C@@H]2CC[C@@H](O)[C@H](OC)C2)CC(=O)[C@H](C)/C=C(\C)[C@@H](O)[C@@H](OC)C(=O)[C@H](C)C[C@H](C)/C=C/C=CC=C1C. The Balaban J connectivity index is 1.71. The number of aliphatic hydroxyl groups is 3. The molecule has 4 rings (SSSR count). The normalized spacial score (nSPS) is 36.8. The van der Waals surface area contributed by atoms with Crippen molar-refractivity contribution in [3.8, 4) is 0 Å². The number of rotatable bonds is 12. The number of nitrogens with zero attached hydrogens (tertiary/aromatic N) is 1. The molecular formula is C55H87NO15. The van der Waals surface area contributed by atoms with Gasteiger partial charge in [0.1, 0.15) is 30.1 Å². The van der Waals surface area contributed by atoms with Gasteiger partial charge >= 0.3 is 5.97 Å². The van der Waals surface area contributed by atoms with Crippen molar-refractivity contribution in [3.05, 3.63) is 47.6 Å². The van der Waals surface area contributed by atoms with E-state index in [0.717, 1.165) is 5.57 Å². The summed E-state index contributed by atoms with van der Waals surface area (Å²) in [6.45, 7) is 14.1. The lowest BCUT2D eigenvalue weighted by Crippen LogP contribution is -2.61. The van der Waals surface area contributed by atoms with Crippen LogP contribution >= 0.6 is 0 Å². The van der Waals surface area contributed by atoms with E-state index in [2.05, 4.69) is 0 Å². The van der Waals surface area contributed by atoms with Crippen LogP contribution in [0.5, 0.6) is 0 Å². The molecule has 4 aliphatic rings. The van der Waals surface area contributed by atoms with Gasteiger partial charge in [-0.25, -0.2) is 4.79 Å². The average molecular weight is 1000 g/mol. The van der Waals surface area contributed by atoms with E-state index in [0.29, 0.717) is 83.2 Å². The molecule has 402 valence electrons. The number of allylic oxidation sites excluding steroid dienone is 6. The first kappa shape index (κ1) is 60.1. The number of hydrogen-bond acceptors (Lipinski definition) is 15. The number of ether oxygens (including phenoxy) is 7. The van der Waals surface area contributed by atoms with Crippen LogP contribution in [0.1, 0.15) is 126 Å². The van der Waals surface area contributed by atoms with Gasteiger partial charge in [0, 0.05) is 58.5 Å². The van der Waals surface area contributed by atoms with E-state index in [9.17, 15) is 39.3 Å². The second-order valence-corrected chi connectivity index (χ2v) is 20.8. The Morgan fingerprint density at radius 3 is 2.27 bits per heavy atom. The summed E-state index contributed by atoms with van der Waals surface area (Å²) >= 11 is 0. The largest absolute Gasteiger partial charge is 0.460 e. The van der Waals surface area contributed by atoms with Crippen molar-refractivity contribution in [2.45, 2.75) is 180 Å². The number of esters is 1.